The van der Waals surface area contributed by atoms with Gasteiger partial charge in [0.15, 0.2) is 0 Å². The van der Waals surface area contributed by atoms with Crippen molar-refractivity contribution in [3.05, 3.63) is 124 Å². The second kappa shape index (κ2) is 11.2. The Morgan fingerprint density at radius 1 is 1.03 bits per heavy atom. The molecule has 0 saturated carbocycles. The number of hydrogen-bond acceptors (Lipinski definition) is 5. The molecule has 1 aromatic heterocycles. The van der Waals surface area contributed by atoms with Crippen molar-refractivity contribution in [1.82, 2.24) is 9.55 Å². The number of carbonyl (C=O) groups excluding carboxylic acids is 1. The first-order valence-corrected chi connectivity index (χ1v) is 12.5. The van der Waals surface area contributed by atoms with Gasteiger partial charge >= 0.3 is 0 Å². The third kappa shape index (κ3) is 5.52. The number of nitrogens with one attached hydrogen (secondary N) is 1. The second-order valence-corrected chi connectivity index (χ2v) is 9.16. The van der Waals surface area contributed by atoms with Gasteiger partial charge in [0.25, 0.3) is 5.56 Å². The van der Waals surface area contributed by atoms with Gasteiger partial charge in [-0.2, -0.15) is 0 Å². The summed E-state index contributed by atoms with van der Waals surface area (Å²) in [5, 5.41) is 3.35. The molecule has 1 amide bonds. The number of ether oxygens (including phenoxy) is 2. The van der Waals surface area contributed by atoms with Crippen LogP contribution in [-0.2, 0) is 16.1 Å². The average molecular weight is 508 g/mol. The number of fused-ring (bicyclic) bond motifs is 1. The van der Waals surface area contributed by atoms with Crippen LogP contribution in [-0.4, -0.2) is 29.2 Å². The fourth-order valence-electron chi connectivity index (χ4n) is 4.66. The Labute approximate surface area is 221 Å². The monoisotopic (exact) mass is 507 g/mol. The number of carbonyl (C=O) groups is 1. The van der Waals surface area contributed by atoms with Crippen LogP contribution in [0.3, 0.4) is 0 Å². The quantitative estimate of drug-likeness (QED) is 0.344. The van der Waals surface area contributed by atoms with Gasteiger partial charge in [-0.15, -0.1) is 0 Å². The molecule has 0 fully saturated rings. The van der Waals surface area contributed by atoms with Crippen LogP contribution in [0.1, 0.15) is 30.7 Å². The molecule has 1 atom stereocenters. The normalized spacial score (nSPS) is 14.9. The Hall–Kier alpha value is -4.65. The van der Waals surface area contributed by atoms with Gasteiger partial charge in [0.1, 0.15) is 23.9 Å². The number of anilines is 1. The number of hydrogen-bond donors (Lipinski definition) is 1. The van der Waals surface area contributed by atoms with Gasteiger partial charge in [-0.1, -0.05) is 48.5 Å². The average Bonchev–Trinajstić information content (AvgIpc) is 2.94. The fraction of sp³-hybridized carbons (Fsp3) is 0.194. The molecule has 0 saturated heterocycles. The zero-order chi connectivity index (χ0) is 26.5. The largest absolute Gasteiger partial charge is 0.497 e. The van der Waals surface area contributed by atoms with Crippen LogP contribution < -0.4 is 15.6 Å². The summed E-state index contributed by atoms with van der Waals surface area (Å²) < 4.78 is 13.5. The number of benzene rings is 3. The highest BCUT2D eigenvalue weighted by Gasteiger charge is 2.24. The van der Waals surface area contributed by atoms with Crippen molar-refractivity contribution in [3.8, 4) is 5.75 Å². The Balaban J connectivity index is 1.47. The summed E-state index contributed by atoms with van der Waals surface area (Å²) in [5.41, 5.74) is 3.25. The second-order valence-electron chi connectivity index (χ2n) is 9.16. The predicted molar refractivity (Wildman–Crippen MR) is 148 cm³/mol. The molecule has 0 spiro atoms. The summed E-state index contributed by atoms with van der Waals surface area (Å²) in [5.74, 6) is 1.87. The summed E-state index contributed by atoms with van der Waals surface area (Å²) in [6.45, 7) is 2.19. The van der Waals surface area contributed by atoms with Crippen LogP contribution in [0.25, 0.3) is 10.9 Å². The molecule has 4 aromatic rings. The van der Waals surface area contributed by atoms with Gasteiger partial charge in [0.05, 0.1) is 24.6 Å². The number of methoxy groups -OCH3 is 1. The van der Waals surface area contributed by atoms with E-state index in [9.17, 15) is 9.59 Å². The summed E-state index contributed by atoms with van der Waals surface area (Å²) in [6.07, 6.45) is 4.76. The number of aromatic nitrogens is 2. The van der Waals surface area contributed by atoms with E-state index in [1.54, 1.807) is 23.8 Å². The number of nitrogens with zero attached hydrogens (tertiary/aromatic N) is 2. The highest BCUT2D eigenvalue weighted by Crippen LogP contribution is 2.31. The van der Waals surface area contributed by atoms with Crippen LogP contribution in [0, 0.1) is 0 Å². The van der Waals surface area contributed by atoms with E-state index in [0.29, 0.717) is 41.1 Å². The molecule has 0 aliphatic heterocycles. The minimum absolute atomic E-state index is 0.0542. The molecule has 3 aromatic carbocycles. The molecular formula is C31H29N3O4. The molecule has 1 heterocycles. The Morgan fingerprint density at radius 3 is 2.50 bits per heavy atom. The Bertz CT molecular complexity index is 1570. The lowest BCUT2D eigenvalue weighted by atomic mass is 9.93. The summed E-state index contributed by atoms with van der Waals surface area (Å²) >= 11 is 0. The van der Waals surface area contributed by atoms with E-state index >= 15 is 0 Å². The van der Waals surface area contributed by atoms with E-state index in [1.165, 1.54) is 6.92 Å². The van der Waals surface area contributed by atoms with Crippen LogP contribution >= 0.6 is 0 Å². The molecule has 0 bridgehead atoms. The van der Waals surface area contributed by atoms with Crippen LogP contribution in [0.2, 0.25) is 0 Å². The molecular weight excluding hydrogens is 478 g/mol. The number of para-hydroxylation sites is 1. The zero-order valence-electron chi connectivity index (χ0n) is 21.4. The van der Waals surface area contributed by atoms with Gasteiger partial charge < -0.3 is 14.8 Å². The van der Waals surface area contributed by atoms with Crippen LogP contribution in [0.5, 0.6) is 5.75 Å². The van der Waals surface area contributed by atoms with Crippen molar-refractivity contribution in [2.45, 2.75) is 25.8 Å². The number of amides is 1. The molecule has 38 heavy (non-hydrogen) atoms. The predicted octanol–water partition coefficient (Wildman–Crippen LogP) is 5.43. The minimum atomic E-state index is -0.129. The lowest BCUT2D eigenvalue weighted by Crippen LogP contribution is -2.28. The van der Waals surface area contributed by atoms with Gasteiger partial charge in [-0.25, -0.2) is 4.98 Å². The molecule has 1 N–H and O–H groups in total. The van der Waals surface area contributed by atoms with E-state index in [1.807, 2.05) is 72.8 Å². The Kier molecular flexibility index (Phi) is 7.35. The van der Waals surface area contributed by atoms with Gasteiger partial charge in [0, 0.05) is 24.1 Å². The van der Waals surface area contributed by atoms with E-state index in [2.05, 4.69) is 11.4 Å². The molecule has 192 valence electrons. The topological polar surface area (TPSA) is 82.4 Å². The number of rotatable bonds is 8. The fourth-order valence-corrected chi connectivity index (χ4v) is 4.66. The van der Waals surface area contributed by atoms with E-state index < -0.39 is 0 Å². The molecule has 5 rings (SSSR count). The standard InChI is InChI=1S/C31H29N3O4/c1-21(35)32-25-13-15-26(16-14-25)38-20-24-18-23(12-17-29(24)37-2)30-33-28-11-7-6-10-27(28)31(36)34(30)19-22-8-4-3-5-9-22/h3-11,13-18,23H,12,19-20H2,1-2H3,(H,32,35). The van der Waals surface area contributed by atoms with E-state index in [-0.39, 0.29) is 24.0 Å². The number of allylic oxidation sites excluding steroid dienone is 2. The van der Waals surface area contributed by atoms with Gasteiger partial charge in [0.2, 0.25) is 5.91 Å². The molecule has 0 radical (unpaired) electrons. The third-order valence-electron chi connectivity index (χ3n) is 6.47. The van der Waals surface area contributed by atoms with Gasteiger partial charge in [-0.05, 0) is 54.5 Å². The smallest absolute Gasteiger partial charge is 0.261 e. The first-order chi connectivity index (χ1) is 18.5. The van der Waals surface area contributed by atoms with Crippen LogP contribution in [0.4, 0.5) is 5.69 Å². The molecule has 1 aliphatic rings. The van der Waals surface area contributed by atoms with E-state index in [4.69, 9.17) is 14.5 Å². The lowest BCUT2D eigenvalue weighted by Gasteiger charge is -2.24. The Morgan fingerprint density at radius 2 is 1.76 bits per heavy atom. The summed E-state index contributed by atoms with van der Waals surface area (Å²) in [7, 11) is 1.64. The highest BCUT2D eigenvalue weighted by molar-refractivity contribution is 5.88. The molecule has 7 heteroatoms. The van der Waals surface area contributed by atoms with Crippen molar-refractivity contribution in [2.24, 2.45) is 0 Å². The van der Waals surface area contributed by atoms with Crippen LogP contribution in [0.15, 0.2) is 107 Å². The van der Waals surface area contributed by atoms with Crippen molar-refractivity contribution in [1.29, 1.82) is 0 Å². The molecule has 1 unspecified atom stereocenters. The van der Waals surface area contributed by atoms with Crippen molar-refractivity contribution >= 4 is 22.5 Å². The maximum atomic E-state index is 13.6. The maximum Gasteiger partial charge on any atom is 0.261 e. The van der Waals surface area contributed by atoms with Crippen molar-refractivity contribution < 1.29 is 14.3 Å². The SMILES string of the molecule is COC1=CCC(c2nc3ccccc3c(=O)n2Cc2ccccc2)C=C1COc1ccc(NC(C)=O)cc1. The lowest BCUT2D eigenvalue weighted by molar-refractivity contribution is -0.114. The zero-order valence-corrected chi connectivity index (χ0v) is 21.4. The maximum absolute atomic E-state index is 13.6. The first-order valence-electron chi connectivity index (χ1n) is 12.5. The van der Waals surface area contributed by atoms with Crippen molar-refractivity contribution in [3.63, 3.8) is 0 Å². The van der Waals surface area contributed by atoms with Gasteiger partial charge in [-0.3, -0.25) is 14.2 Å². The summed E-state index contributed by atoms with van der Waals surface area (Å²) in [6, 6.07) is 24.6. The third-order valence-corrected chi connectivity index (χ3v) is 6.47. The van der Waals surface area contributed by atoms with E-state index in [0.717, 1.165) is 16.9 Å². The first kappa shape index (κ1) is 25.0. The molecule has 7 nitrogen and oxygen atoms in total. The molecule has 1 aliphatic carbocycles. The minimum Gasteiger partial charge on any atom is -0.497 e. The van der Waals surface area contributed by atoms with Crippen molar-refractivity contribution in [2.75, 3.05) is 19.0 Å². The summed E-state index contributed by atoms with van der Waals surface area (Å²) in [4.78, 5) is 29.9. The highest BCUT2D eigenvalue weighted by atomic mass is 16.5.